The van der Waals surface area contributed by atoms with Crippen LogP contribution in [0.3, 0.4) is 0 Å². The van der Waals surface area contributed by atoms with E-state index in [9.17, 15) is 16.8 Å². The highest BCUT2D eigenvalue weighted by Crippen LogP contribution is 2.27. The largest absolute Gasteiger partial charge is 0.299 e. The highest BCUT2D eigenvalue weighted by Gasteiger charge is 2.15. The number of pyridine rings is 2. The van der Waals surface area contributed by atoms with Crippen molar-refractivity contribution >= 4 is 76.3 Å². The molecule has 4 rings (SSSR count). The van der Waals surface area contributed by atoms with Crippen LogP contribution in [0.1, 0.15) is 0 Å². The third-order valence-corrected chi connectivity index (χ3v) is 6.42. The van der Waals surface area contributed by atoms with Crippen molar-refractivity contribution in [2.75, 3.05) is 0 Å². The van der Waals surface area contributed by atoms with Crippen molar-refractivity contribution in [2.24, 2.45) is 0 Å². The molecule has 4 aromatic rings. The Morgan fingerprint density at radius 1 is 0.647 bits per heavy atom. The molecule has 0 aliphatic heterocycles. The standard InChI is InChI=1S/2C9H6ClNO3S.H2O3S/c2*10-9-7-2-1-3-8(15(12,13)14)6(7)4-5-11-9;1-4(2)3/h2*1-5H,(H,12,13,14);(H2,1,2,3). The first-order valence-corrected chi connectivity index (χ1v) is 13.2. The molecule has 4 N–H and O–H groups in total. The summed E-state index contributed by atoms with van der Waals surface area (Å²) in [6, 6.07) is 11.9. The zero-order valence-corrected chi connectivity index (χ0v) is 20.4. The van der Waals surface area contributed by atoms with Crippen LogP contribution < -0.4 is 0 Å². The molecule has 11 nitrogen and oxygen atoms in total. The minimum absolute atomic E-state index is 0.163. The summed E-state index contributed by atoms with van der Waals surface area (Å²) in [6.07, 6.45) is 2.78. The normalized spacial score (nSPS) is 11.5. The fourth-order valence-corrected chi connectivity index (χ4v) is 4.59. The Kier molecular flexibility index (Phi) is 9.41. The predicted octanol–water partition coefficient (Wildman–Crippen LogP) is 3.95. The van der Waals surface area contributed by atoms with Gasteiger partial charge in [0.25, 0.3) is 31.6 Å². The van der Waals surface area contributed by atoms with Crippen LogP contribution in [0, 0.1) is 0 Å². The van der Waals surface area contributed by atoms with Gasteiger partial charge in [0.2, 0.25) is 0 Å². The summed E-state index contributed by atoms with van der Waals surface area (Å²) in [6.45, 7) is 0. The maximum Gasteiger partial charge on any atom is 0.299 e. The number of aromatic nitrogens is 2. The molecular weight excluding hydrogens is 555 g/mol. The molecule has 0 saturated carbocycles. The minimum Gasteiger partial charge on any atom is -0.284 e. The lowest BCUT2D eigenvalue weighted by atomic mass is 10.2. The van der Waals surface area contributed by atoms with E-state index < -0.39 is 31.6 Å². The molecule has 16 heteroatoms. The van der Waals surface area contributed by atoms with E-state index in [0.29, 0.717) is 21.5 Å². The lowest BCUT2D eigenvalue weighted by molar-refractivity contribution is 0.453. The summed E-state index contributed by atoms with van der Waals surface area (Å²) in [4.78, 5) is 7.31. The molecular formula is C18H14Cl2N2O9S3. The highest BCUT2D eigenvalue weighted by atomic mass is 35.5. The molecule has 0 bridgehead atoms. The number of hydrogen-bond donors (Lipinski definition) is 4. The van der Waals surface area contributed by atoms with E-state index >= 15 is 0 Å². The Balaban J connectivity index is 0.000000208. The average Bonchev–Trinajstić information content (AvgIpc) is 2.72. The molecule has 0 radical (unpaired) electrons. The second kappa shape index (κ2) is 11.4. The summed E-state index contributed by atoms with van der Waals surface area (Å²) in [7, 11) is -8.47. The van der Waals surface area contributed by atoms with E-state index in [0.717, 1.165) is 0 Å². The van der Waals surface area contributed by atoms with Crippen molar-refractivity contribution in [2.45, 2.75) is 9.79 Å². The molecule has 0 saturated heterocycles. The molecule has 0 aliphatic rings. The van der Waals surface area contributed by atoms with Gasteiger partial charge < -0.3 is 0 Å². The Morgan fingerprint density at radius 3 is 1.26 bits per heavy atom. The SMILES string of the molecule is O=S(=O)(O)c1cccc2c(Cl)nccc12.O=S(=O)(O)c1cccc2c(Cl)nccc12.O=S(O)O. The van der Waals surface area contributed by atoms with Crippen molar-refractivity contribution < 1.29 is 39.3 Å². The highest BCUT2D eigenvalue weighted by molar-refractivity contribution is 7.86. The monoisotopic (exact) mass is 568 g/mol. The lowest BCUT2D eigenvalue weighted by Crippen LogP contribution is -1.99. The van der Waals surface area contributed by atoms with E-state index in [2.05, 4.69) is 9.97 Å². The van der Waals surface area contributed by atoms with Crippen LogP contribution in [-0.4, -0.2) is 49.2 Å². The quantitative estimate of drug-likeness (QED) is 0.155. The van der Waals surface area contributed by atoms with Crippen LogP contribution in [-0.2, 0) is 31.6 Å². The van der Waals surface area contributed by atoms with Crippen molar-refractivity contribution in [1.82, 2.24) is 9.97 Å². The maximum atomic E-state index is 11.1. The molecule has 182 valence electrons. The van der Waals surface area contributed by atoms with Crippen LogP contribution in [0.4, 0.5) is 0 Å². The number of benzene rings is 2. The van der Waals surface area contributed by atoms with Gasteiger partial charge in [-0.15, -0.1) is 0 Å². The molecule has 2 heterocycles. The first-order valence-electron chi connectivity index (χ1n) is 8.55. The Labute approximate surface area is 206 Å². The van der Waals surface area contributed by atoms with Gasteiger partial charge in [-0.3, -0.25) is 18.2 Å². The molecule has 0 spiro atoms. The van der Waals surface area contributed by atoms with Gasteiger partial charge in [0.15, 0.2) is 0 Å². The van der Waals surface area contributed by atoms with Gasteiger partial charge >= 0.3 is 0 Å². The zero-order chi connectivity index (χ0) is 25.7. The van der Waals surface area contributed by atoms with Crippen LogP contribution in [0.25, 0.3) is 21.5 Å². The van der Waals surface area contributed by atoms with Crippen LogP contribution in [0.2, 0.25) is 10.3 Å². The fraction of sp³-hybridized carbons (Fsp3) is 0. The molecule has 2 aromatic carbocycles. The third-order valence-electron chi connectivity index (χ3n) is 3.99. The number of hydrogen-bond acceptors (Lipinski definition) is 7. The topological polar surface area (TPSA) is 192 Å². The molecule has 0 aliphatic carbocycles. The number of halogens is 2. The van der Waals surface area contributed by atoms with Gasteiger partial charge in [0.05, 0.1) is 0 Å². The third kappa shape index (κ3) is 7.36. The first kappa shape index (κ1) is 28.0. The summed E-state index contributed by atoms with van der Waals surface area (Å²) < 4.78 is 85.0. The van der Waals surface area contributed by atoms with Crippen molar-refractivity contribution in [3.8, 4) is 0 Å². The van der Waals surface area contributed by atoms with Crippen LogP contribution in [0.15, 0.2) is 70.7 Å². The summed E-state index contributed by atoms with van der Waals surface area (Å²) in [5.74, 6) is 0. The smallest absolute Gasteiger partial charge is 0.284 e. The zero-order valence-electron chi connectivity index (χ0n) is 16.5. The van der Waals surface area contributed by atoms with E-state index in [1.54, 1.807) is 12.1 Å². The maximum absolute atomic E-state index is 11.1. The molecule has 0 unspecified atom stereocenters. The molecule has 0 amide bonds. The van der Waals surface area contributed by atoms with Gasteiger partial charge in [-0.2, -0.15) is 21.0 Å². The number of nitrogens with zero attached hydrogens (tertiary/aromatic N) is 2. The fourth-order valence-electron chi connectivity index (χ4n) is 2.74. The number of rotatable bonds is 2. The van der Waals surface area contributed by atoms with E-state index in [1.807, 2.05) is 0 Å². The van der Waals surface area contributed by atoms with Crippen LogP contribution >= 0.6 is 23.2 Å². The Morgan fingerprint density at radius 2 is 0.971 bits per heavy atom. The van der Waals surface area contributed by atoms with Gasteiger partial charge in [-0.05, 0) is 24.3 Å². The van der Waals surface area contributed by atoms with E-state index in [4.69, 9.17) is 45.6 Å². The summed E-state index contributed by atoms with van der Waals surface area (Å²) in [5.41, 5.74) is 0. The summed E-state index contributed by atoms with van der Waals surface area (Å²) >= 11 is 8.97. The van der Waals surface area contributed by atoms with Crippen LogP contribution in [0.5, 0.6) is 0 Å². The van der Waals surface area contributed by atoms with E-state index in [-0.39, 0.29) is 20.1 Å². The second-order valence-corrected chi connectivity index (χ2v) is 10.0. The van der Waals surface area contributed by atoms with E-state index in [1.165, 1.54) is 48.8 Å². The van der Waals surface area contributed by atoms with Crippen molar-refractivity contribution in [1.29, 1.82) is 0 Å². The van der Waals surface area contributed by atoms with Gasteiger partial charge in [0.1, 0.15) is 20.1 Å². The van der Waals surface area contributed by atoms with Crippen molar-refractivity contribution in [3.63, 3.8) is 0 Å². The lowest BCUT2D eigenvalue weighted by Gasteiger charge is -2.03. The van der Waals surface area contributed by atoms with Crippen molar-refractivity contribution in [3.05, 3.63) is 71.2 Å². The minimum atomic E-state index is -4.23. The van der Waals surface area contributed by atoms with Gasteiger partial charge in [0, 0.05) is 33.9 Å². The average molecular weight is 569 g/mol. The van der Waals surface area contributed by atoms with Gasteiger partial charge in [-0.1, -0.05) is 47.5 Å². The molecule has 34 heavy (non-hydrogen) atoms. The summed E-state index contributed by atoms with van der Waals surface area (Å²) in [5, 5.41) is 2.12. The molecule has 0 atom stereocenters. The molecule has 2 aromatic heterocycles. The van der Waals surface area contributed by atoms with Gasteiger partial charge in [-0.25, -0.2) is 9.97 Å². The Bertz CT molecular complexity index is 1460. The predicted molar refractivity (Wildman–Crippen MR) is 127 cm³/mol. The molecule has 0 fully saturated rings. The number of fused-ring (bicyclic) bond motifs is 2. The first-order chi connectivity index (χ1) is 15.7. The second-order valence-electron chi connectivity index (χ2n) is 6.09. The Hall–Kier alpha value is -2.27.